The highest BCUT2D eigenvalue weighted by Crippen LogP contribution is 2.19. The van der Waals surface area contributed by atoms with E-state index in [0.29, 0.717) is 43.0 Å². The molecule has 166 valence electrons. The minimum absolute atomic E-state index is 0.129. The predicted octanol–water partition coefficient (Wildman–Crippen LogP) is 3.35. The number of nitrogens with one attached hydrogen (secondary N) is 4. The standard InChI is InChI=1S/C23H31N5O3/c1-2-17-15-21(30)28-22(26-17)16-8-6-11-19(14-16)25-20(29)12-7-13-24-23(31)27-18-9-4-3-5-10-18/h6,8,11,14-15,18H,2-5,7,9-10,12-13H2,1H3,(H,25,29)(H2,24,27,31)(H,26,28,30). The van der Waals surface area contributed by atoms with Crippen LogP contribution in [-0.4, -0.2) is 34.5 Å². The summed E-state index contributed by atoms with van der Waals surface area (Å²) in [5.74, 6) is 0.351. The molecular weight excluding hydrogens is 394 g/mol. The van der Waals surface area contributed by atoms with Gasteiger partial charge < -0.3 is 20.9 Å². The summed E-state index contributed by atoms with van der Waals surface area (Å²) in [5.41, 5.74) is 1.88. The number of hydrogen-bond donors (Lipinski definition) is 4. The Balaban J connectivity index is 1.44. The van der Waals surface area contributed by atoms with Crippen LogP contribution in [-0.2, 0) is 11.2 Å². The summed E-state index contributed by atoms with van der Waals surface area (Å²) < 4.78 is 0. The van der Waals surface area contributed by atoms with E-state index in [1.165, 1.54) is 25.3 Å². The number of carbonyl (C=O) groups excluding carboxylic acids is 2. The van der Waals surface area contributed by atoms with E-state index >= 15 is 0 Å². The zero-order valence-corrected chi connectivity index (χ0v) is 18.0. The number of carbonyl (C=O) groups is 2. The number of nitrogens with zero attached hydrogens (tertiary/aromatic N) is 1. The Morgan fingerprint density at radius 3 is 2.74 bits per heavy atom. The Bertz CT molecular complexity index is 950. The Kier molecular flexibility index (Phi) is 8.20. The highest BCUT2D eigenvalue weighted by atomic mass is 16.2. The quantitative estimate of drug-likeness (QED) is 0.485. The van der Waals surface area contributed by atoms with Gasteiger partial charge in [-0.05, 0) is 37.8 Å². The van der Waals surface area contributed by atoms with E-state index in [1.807, 2.05) is 13.0 Å². The lowest BCUT2D eigenvalue weighted by atomic mass is 9.96. The van der Waals surface area contributed by atoms with Crippen LogP contribution in [0.4, 0.5) is 10.5 Å². The van der Waals surface area contributed by atoms with Crippen molar-refractivity contribution in [1.82, 2.24) is 20.6 Å². The van der Waals surface area contributed by atoms with Crippen LogP contribution in [0.2, 0.25) is 0 Å². The van der Waals surface area contributed by atoms with E-state index in [-0.39, 0.29) is 23.5 Å². The molecule has 1 aromatic heterocycles. The highest BCUT2D eigenvalue weighted by Gasteiger charge is 2.15. The van der Waals surface area contributed by atoms with Gasteiger partial charge in [-0.15, -0.1) is 0 Å². The first-order valence-electron chi connectivity index (χ1n) is 11.1. The number of hydrogen-bond acceptors (Lipinski definition) is 4. The van der Waals surface area contributed by atoms with Gasteiger partial charge >= 0.3 is 6.03 Å². The Morgan fingerprint density at radius 2 is 1.97 bits per heavy atom. The van der Waals surface area contributed by atoms with E-state index in [0.717, 1.165) is 18.4 Å². The summed E-state index contributed by atoms with van der Waals surface area (Å²) in [7, 11) is 0. The van der Waals surface area contributed by atoms with Gasteiger partial charge in [-0.25, -0.2) is 9.78 Å². The van der Waals surface area contributed by atoms with Crippen molar-refractivity contribution in [1.29, 1.82) is 0 Å². The molecule has 0 bridgehead atoms. The van der Waals surface area contributed by atoms with Crippen molar-refractivity contribution in [3.05, 3.63) is 46.4 Å². The summed E-state index contributed by atoms with van der Waals surface area (Å²) in [6.45, 7) is 2.39. The first-order valence-corrected chi connectivity index (χ1v) is 11.1. The SMILES string of the molecule is CCc1cc(=O)[nH]c(-c2cccc(NC(=O)CCCNC(=O)NC3CCCCC3)c2)n1. The average molecular weight is 426 g/mol. The second-order valence-electron chi connectivity index (χ2n) is 7.91. The number of benzene rings is 1. The number of amides is 3. The van der Waals surface area contributed by atoms with Crippen LogP contribution in [0.5, 0.6) is 0 Å². The summed E-state index contributed by atoms with van der Waals surface area (Å²) in [5, 5.41) is 8.68. The van der Waals surface area contributed by atoms with Crippen molar-refractivity contribution in [2.75, 3.05) is 11.9 Å². The second kappa shape index (κ2) is 11.3. The van der Waals surface area contributed by atoms with Crippen molar-refractivity contribution < 1.29 is 9.59 Å². The van der Waals surface area contributed by atoms with Gasteiger partial charge in [0.15, 0.2) is 0 Å². The van der Waals surface area contributed by atoms with Gasteiger partial charge in [-0.2, -0.15) is 0 Å². The molecular formula is C23H31N5O3. The topological polar surface area (TPSA) is 116 Å². The summed E-state index contributed by atoms with van der Waals surface area (Å²) in [4.78, 5) is 43.2. The van der Waals surface area contributed by atoms with Crippen molar-refractivity contribution in [2.24, 2.45) is 0 Å². The van der Waals surface area contributed by atoms with E-state index < -0.39 is 0 Å². The molecule has 1 fully saturated rings. The van der Waals surface area contributed by atoms with Gasteiger partial charge in [0, 0.05) is 42.0 Å². The Morgan fingerprint density at radius 1 is 1.16 bits per heavy atom. The van der Waals surface area contributed by atoms with Crippen molar-refractivity contribution >= 4 is 17.6 Å². The van der Waals surface area contributed by atoms with Crippen LogP contribution in [0, 0.1) is 0 Å². The molecule has 4 N–H and O–H groups in total. The molecule has 31 heavy (non-hydrogen) atoms. The zero-order chi connectivity index (χ0) is 22.1. The van der Waals surface area contributed by atoms with Crippen LogP contribution in [0.3, 0.4) is 0 Å². The van der Waals surface area contributed by atoms with Gasteiger partial charge in [0.1, 0.15) is 5.82 Å². The molecule has 3 rings (SSSR count). The van der Waals surface area contributed by atoms with E-state index in [9.17, 15) is 14.4 Å². The minimum atomic E-state index is -0.198. The lowest BCUT2D eigenvalue weighted by molar-refractivity contribution is -0.116. The number of aryl methyl sites for hydroxylation is 1. The van der Waals surface area contributed by atoms with Crippen LogP contribution in [0.1, 0.15) is 57.6 Å². The lowest BCUT2D eigenvalue weighted by Crippen LogP contribution is -2.43. The number of urea groups is 1. The van der Waals surface area contributed by atoms with Gasteiger partial charge in [-0.1, -0.05) is 38.3 Å². The Labute approximate surface area is 182 Å². The molecule has 1 aliphatic carbocycles. The molecule has 0 radical (unpaired) electrons. The van der Waals surface area contributed by atoms with Gasteiger partial charge in [0.2, 0.25) is 5.91 Å². The molecule has 8 heteroatoms. The number of H-pyrrole nitrogens is 1. The number of aromatic nitrogens is 2. The fraction of sp³-hybridized carbons (Fsp3) is 0.478. The van der Waals surface area contributed by atoms with Crippen molar-refractivity contribution in [3.63, 3.8) is 0 Å². The second-order valence-corrected chi connectivity index (χ2v) is 7.91. The van der Waals surface area contributed by atoms with Crippen molar-refractivity contribution in [3.8, 4) is 11.4 Å². The maximum Gasteiger partial charge on any atom is 0.315 e. The molecule has 3 amide bonds. The molecule has 8 nitrogen and oxygen atoms in total. The molecule has 0 spiro atoms. The molecule has 1 saturated carbocycles. The van der Waals surface area contributed by atoms with Gasteiger partial charge in [0.25, 0.3) is 5.56 Å². The van der Waals surface area contributed by atoms with E-state index in [1.54, 1.807) is 18.2 Å². The molecule has 0 unspecified atom stereocenters. The van der Waals surface area contributed by atoms with Crippen LogP contribution in [0.15, 0.2) is 35.1 Å². The third-order valence-electron chi connectivity index (χ3n) is 5.38. The molecule has 0 aliphatic heterocycles. The van der Waals surface area contributed by atoms with Crippen LogP contribution < -0.4 is 21.5 Å². The number of aromatic amines is 1. The lowest BCUT2D eigenvalue weighted by Gasteiger charge is -2.22. The average Bonchev–Trinajstić information content (AvgIpc) is 2.77. The van der Waals surface area contributed by atoms with Gasteiger partial charge in [0.05, 0.1) is 0 Å². The molecule has 2 aromatic rings. The summed E-state index contributed by atoms with van der Waals surface area (Å²) in [6.07, 6.45) is 7.19. The largest absolute Gasteiger partial charge is 0.338 e. The monoisotopic (exact) mass is 425 g/mol. The van der Waals surface area contributed by atoms with Crippen LogP contribution >= 0.6 is 0 Å². The first-order chi connectivity index (χ1) is 15.0. The maximum absolute atomic E-state index is 12.3. The molecule has 0 saturated heterocycles. The molecule has 0 atom stereocenters. The highest BCUT2D eigenvalue weighted by molar-refractivity contribution is 5.91. The third-order valence-corrected chi connectivity index (χ3v) is 5.38. The zero-order valence-electron chi connectivity index (χ0n) is 18.0. The van der Waals surface area contributed by atoms with Crippen LogP contribution in [0.25, 0.3) is 11.4 Å². The predicted molar refractivity (Wildman–Crippen MR) is 121 cm³/mol. The van der Waals surface area contributed by atoms with E-state index in [4.69, 9.17) is 0 Å². The normalized spacial score (nSPS) is 14.1. The Hall–Kier alpha value is -3.16. The van der Waals surface area contributed by atoms with Gasteiger partial charge in [-0.3, -0.25) is 9.59 Å². The smallest absolute Gasteiger partial charge is 0.315 e. The van der Waals surface area contributed by atoms with E-state index in [2.05, 4.69) is 25.9 Å². The summed E-state index contributed by atoms with van der Waals surface area (Å²) >= 11 is 0. The van der Waals surface area contributed by atoms with Crippen molar-refractivity contribution in [2.45, 2.75) is 64.3 Å². The fourth-order valence-corrected chi connectivity index (χ4v) is 3.73. The maximum atomic E-state index is 12.3. The fourth-order valence-electron chi connectivity index (χ4n) is 3.73. The first kappa shape index (κ1) is 22.5. The minimum Gasteiger partial charge on any atom is -0.338 e. The number of anilines is 1. The molecule has 1 aliphatic rings. The third kappa shape index (κ3) is 7.24. The summed E-state index contributed by atoms with van der Waals surface area (Å²) in [6, 6.07) is 8.81. The number of rotatable bonds is 8. The molecule has 1 heterocycles. The molecule has 1 aromatic carbocycles.